The van der Waals surface area contributed by atoms with Gasteiger partial charge in [-0.25, -0.2) is 0 Å². The Morgan fingerprint density at radius 3 is 2.93 bits per heavy atom. The highest BCUT2D eigenvalue weighted by Gasteiger charge is 2.12. The molecule has 1 aromatic carbocycles. The molecule has 0 spiro atoms. The number of hydrogen-bond acceptors (Lipinski definition) is 4. The molecule has 0 fully saturated rings. The van der Waals surface area contributed by atoms with Gasteiger partial charge in [-0.3, -0.25) is 10.1 Å². The van der Waals surface area contributed by atoms with Crippen LogP contribution < -0.4 is 0 Å². The smallest absolute Gasteiger partial charge is 0.273 e. The van der Waals surface area contributed by atoms with Crippen molar-refractivity contribution >= 4 is 11.9 Å². The van der Waals surface area contributed by atoms with Crippen LogP contribution in [0, 0.1) is 17.0 Å². The third-order valence-corrected chi connectivity index (χ3v) is 1.83. The number of nitro benzene ring substituents is 1. The average molecular weight is 194 g/mol. The molecular weight excluding hydrogens is 184 g/mol. The maximum atomic E-state index is 10.6. The Kier molecular flexibility index (Phi) is 3.17. The van der Waals surface area contributed by atoms with Crippen LogP contribution in [0.25, 0.3) is 0 Å². The molecule has 1 aromatic rings. The molecule has 0 radical (unpaired) electrons. The monoisotopic (exact) mass is 194 g/mol. The van der Waals surface area contributed by atoms with Crippen molar-refractivity contribution in [1.29, 1.82) is 0 Å². The van der Waals surface area contributed by atoms with Gasteiger partial charge in [0.05, 0.1) is 4.92 Å². The van der Waals surface area contributed by atoms with Crippen molar-refractivity contribution in [2.75, 3.05) is 0 Å². The van der Waals surface area contributed by atoms with Crippen LogP contribution in [0.4, 0.5) is 5.69 Å². The van der Waals surface area contributed by atoms with E-state index in [-0.39, 0.29) is 12.1 Å². The van der Waals surface area contributed by atoms with E-state index in [2.05, 4.69) is 5.16 Å². The largest absolute Gasteiger partial charge is 0.411 e. The lowest BCUT2D eigenvalue weighted by Gasteiger charge is -1.99. The molecule has 1 N–H and O–H groups in total. The molecule has 5 nitrogen and oxygen atoms in total. The maximum Gasteiger partial charge on any atom is 0.273 e. The molecule has 0 unspecified atom stereocenters. The Labute approximate surface area is 80.8 Å². The van der Waals surface area contributed by atoms with Crippen molar-refractivity contribution in [2.45, 2.75) is 13.3 Å². The van der Waals surface area contributed by atoms with E-state index in [0.717, 1.165) is 5.56 Å². The summed E-state index contributed by atoms with van der Waals surface area (Å²) in [5, 5.41) is 21.7. The standard InChI is InChI=1S/C9H10N2O3/c1-7-2-3-8(4-5-10-12)9(6-7)11(13)14/h2-3,5-6,12H,4H2,1H3. The Morgan fingerprint density at radius 1 is 1.64 bits per heavy atom. The molecule has 0 heterocycles. The summed E-state index contributed by atoms with van der Waals surface area (Å²) in [6, 6.07) is 4.95. The number of hydrogen-bond donors (Lipinski definition) is 1. The molecule has 5 heteroatoms. The molecular formula is C9H10N2O3. The van der Waals surface area contributed by atoms with E-state index in [1.54, 1.807) is 19.1 Å². The summed E-state index contributed by atoms with van der Waals surface area (Å²) in [6.07, 6.45) is 1.48. The molecule has 0 aromatic heterocycles. The van der Waals surface area contributed by atoms with Crippen LogP contribution >= 0.6 is 0 Å². The molecule has 14 heavy (non-hydrogen) atoms. The molecule has 0 atom stereocenters. The SMILES string of the molecule is Cc1ccc(CC=NO)c([N+](=O)[O-])c1. The van der Waals surface area contributed by atoms with Crippen molar-refractivity contribution in [3.63, 3.8) is 0 Å². The van der Waals surface area contributed by atoms with Gasteiger partial charge in [0, 0.05) is 24.3 Å². The van der Waals surface area contributed by atoms with Gasteiger partial charge in [-0.2, -0.15) is 0 Å². The average Bonchev–Trinajstić information content (AvgIpc) is 2.15. The topological polar surface area (TPSA) is 75.7 Å². The summed E-state index contributed by atoms with van der Waals surface area (Å²) in [4.78, 5) is 10.2. The first-order valence-electron chi connectivity index (χ1n) is 4.05. The van der Waals surface area contributed by atoms with Gasteiger partial charge in [0.25, 0.3) is 5.69 Å². The molecule has 0 saturated heterocycles. The summed E-state index contributed by atoms with van der Waals surface area (Å²) in [5.41, 5.74) is 1.43. The second kappa shape index (κ2) is 4.36. The van der Waals surface area contributed by atoms with Crippen molar-refractivity contribution in [3.05, 3.63) is 39.4 Å². The number of oxime groups is 1. The fourth-order valence-electron chi connectivity index (χ4n) is 1.16. The van der Waals surface area contributed by atoms with Gasteiger partial charge in [0.1, 0.15) is 0 Å². The van der Waals surface area contributed by atoms with E-state index in [1.165, 1.54) is 12.3 Å². The van der Waals surface area contributed by atoms with Gasteiger partial charge < -0.3 is 5.21 Å². The molecule has 1 rings (SSSR count). The molecule has 0 aliphatic carbocycles. The lowest BCUT2D eigenvalue weighted by Crippen LogP contribution is -1.96. The molecule has 0 amide bonds. The van der Waals surface area contributed by atoms with E-state index in [9.17, 15) is 10.1 Å². The summed E-state index contributed by atoms with van der Waals surface area (Å²) in [7, 11) is 0. The minimum Gasteiger partial charge on any atom is -0.411 e. The first kappa shape index (κ1) is 10.2. The summed E-state index contributed by atoms with van der Waals surface area (Å²) in [5.74, 6) is 0. The first-order valence-corrected chi connectivity index (χ1v) is 4.05. The molecule has 0 aliphatic heterocycles. The van der Waals surface area contributed by atoms with Gasteiger partial charge >= 0.3 is 0 Å². The lowest BCUT2D eigenvalue weighted by atomic mass is 10.1. The predicted molar refractivity (Wildman–Crippen MR) is 51.8 cm³/mol. The summed E-state index contributed by atoms with van der Waals surface area (Å²) < 4.78 is 0. The van der Waals surface area contributed by atoms with Crippen molar-refractivity contribution in [2.24, 2.45) is 5.16 Å². The molecule has 0 aliphatic rings. The fraction of sp³-hybridized carbons (Fsp3) is 0.222. The van der Waals surface area contributed by atoms with Crippen LogP contribution in [0.2, 0.25) is 0 Å². The van der Waals surface area contributed by atoms with Gasteiger partial charge in [0.2, 0.25) is 0 Å². The highest BCUT2D eigenvalue weighted by atomic mass is 16.6. The fourth-order valence-corrected chi connectivity index (χ4v) is 1.16. The van der Waals surface area contributed by atoms with Crippen LogP contribution in [0.3, 0.4) is 0 Å². The zero-order chi connectivity index (χ0) is 10.6. The molecule has 74 valence electrons. The van der Waals surface area contributed by atoms with Gasteiger partial charge in [-0.05, 0) is 12.5 Å². The van der Waals surface area contributed by atoms with E-state index < -0.39 is 4.92 Å². The Hall–Kier alpha value is -1.91. The molecule has 0 bridgehead atoms. The predicted octanol–water partition coefficient (Wildman–Crippen LogP) is 1.91. The Morgan fingerprint density at radius 2 is 2.36 bits per heavy atom. The van der Waals surface area contributed by atoms with Crippen molar-refractivity contribution in [3.8, 4) is 0 Å². The zero-order valence-corrected chi connectivity index (χ0v) is 7.67. The number of nitro groups is 1. The van der Waals surface area contributed by atoms with Crippen LogP contribution in [0.5, 0.6) is 0 Å². The van der Waals surface area contributed by atoms with E-state index in [0.29, 0.717) is 5.56 Å². The number of aryl methyl sites for hydroxylation is 1. The zero-order valence-electron chi connectivity index (χ0n) is 7.67. The molecule has 0 saturated carbocycles. The Balaban J connectivity index is 3.08. The van der Waals surface area contributed by atoms with E-state index in [4.69, 9.17) is 5.21 Å². The van der Waals surface area contributed by atoms with Gasteiger partial charge in [-0.1, -0.05) is 12.1 Å². The number of nitrogens with zero attached hydrogens (tertiary/aromatic N) is 2. The highest BCUT2D eigenvalue weighted by molar-refractivity contribution is 5.63. The summed E-state index contributed by atoms with van der Waals surface area (Å²) >= 11 is 0. The lowest BCUT2D eigenvalue weighted by molar-refractivity contribution is -0.385. The Bertz CT molecular complexity index is 374. The highest BCUT2D eigenvalue weighted by Crippen LogP contribution is 2.19. The number of benzene rings is 1. The van der Waals surface area contributed by atoms with Gasteiger partial charge in [0.15, 0.2) is 0 Å². The van der Waals surface area contributed by atoms with Crippen LogP contribution in [0.15, 0.2) is 23.4 Å². The minimum absolute atomic E-state index is 0.0601. The van der Waals surface area contributed by atoms with Crippen molar-refractivity contribution in [1.82, 2.24) is 0 Å². The van der Waals surface area contributed by atoms with E-state index in [1.807, 2.05) is 0 Å². The maximum absolute atomic E-state index is 10.6. The first-order chi connectivity index (χ1) is 6.65. The van der Waals surface area contributed by atoms with Crippen LogP contribution in [-0.4, -0.2) is 16.3 Å². The minimum atomic E-state index is -0.437. The second-order valence-electron chi connectivity index (χ2n) is 2.89. The van der Waals surface area contributed by atoms with Crippen molar-refractivity contribution < 1.29 is 10.1 Å². The third-order valence-electron chi connectivity index (χ3n) is 1.83. The van der Waals surface area contributed by atoms with Crippen LogP contribution in [-0.2, 0) is 6.42 Å². The quantitative estimate of drug-likeness (QED) is 0.345. The third kappa shape index (κ3) is 2.29. The van der Waals surface area contributed by atoms with E-state index >= 15 is 0 Å². The summed E-state index contributed by atoms with van der Waals surface area (Å²) in [6.45, 7) is 1.79. The van der Waals surface area contributed by atoms with Crippen LogP contribution in [0.1, 0.15) is 11.1 Å². The second-order valence-corrected chi connectivity index (χ2v) is 2.89. The van der Waals surface area contributed by atoms with Gasteiger partial charge in [-0.15, -0.1) is 5.16 Å². The normalized spacial score (nSPS) is 10.6. The number of rotatable bonds is 3.